The van der Waals surface area contributed by atoms with Gasteiger partial charge in [-0.25, -0.2) is 0 Å². The summed E-state index contributed by atoms with van der Waals surface area (Å²) in [6.07, 6.45) is 3.30. The Kier molecular flexibility index (Phi) is 4.61. The molecule has 5 heteroatoms. The van der Waals surface area contributed by atoms with Gasteiger partial charge in [-0.2, -0.15) is 8.42 Å². The first-order chi connectivity index (χ1) is 13.2. The molecule has 0 spiro atoms. The summed E-state index contributed by atoms with van der Waals surface area (Å²) in [5, 5.41) is 0. The van der Waals surface area contributed by atoms with E-state index >= 15 is 0 Å². The summed E-state index contributed by atoms with van der Waals surface area (Å²) in [6.45, 7) is 7.82. The molecule has 1 saturated heterocycles. The molecule has 2 aromatic carbocycles. The predicted octanol–water partition coefficient (Wildman–Crippen LogP) is 4.72. The zero-order valence-electron chi connectivity index (χ0n) is 16.8. The second kappa shape index (κ2) is 6.73. The number of benzene rings is 2. The molecule has 1 aliphatic heterocycles. The van der Waals surface area contributed by atoms with Crippen molar-refractivity contribution in [3.05, 3.63) is 66.2 Å². The highest BCUT2D eigenvalue weighted by atomic mass is 32.2. The van der Waals surface area contributed by atoms with E-state index in [0.717, 1.165) is 31.4 Å². The van der Waals surface area contributed by atoms with Crippen LogP contribution in [0.15, 0.2) is 70.0 Å². The first kappa shape index (κ1) is 19.2. The van der Waals surface area contributed by atoms with Crippen LogP contribution in [0.25, 0.3) is 0 Å². The van der Waals surface area contributed by atoms with Crippen molar-refractivity contribution in [1.29, 1.82) is 0 Å². The lowest BCUT2D eigenvalue weighted by molar-refractivity contribution is 0.132. The third-order valence-electron chi connectivity index (χ3n) is 5.97. The summed E-state index contributed by atoms with van der Waals surface area (Å²) in [5.41, 5.74) is 1.31. The molecule has 28 heavy (non-hydrogen) atoms. The van der Waals surface area contributed by atoms with E-state index in [1.165, 1.54) is 0 Å². The Morgan fingerprint density at radius 1 is 0.964 bits per heavy atom. The topological polar surface area (TPSA) is 49.7 Å². The fraction of sp³-hybridized carbons (Fsp3) is 0.435. The molecule has 0 amide bonds. The maximum atomic E-state index is 13.1. The number of fused-ring (bicyclic) bond motifs is 2. The molecule has 1 heterocycles. The second-order valence-corrected chi connectivity index (χ2v) is 11.0. The largest absolute Gasteiger partial charge is 0.352 e. The van der Waals surface area contributed by atoms with Gasteiger partial charge in [-0.15, -0.1) is 4.40 Å². The van der Waals surface area contributed by atoms with Gasteiger partial charge >= 0.3 is 0 Å². The molecular weight excluding hydrogens is 368 g/mol. The molecule has 2 aliphatic rings. The van der Waals surface area contributed by atoms with Crippen molar-refractivity contribution in [1.82, 2.24) is 4.90 Å². The summed E-state index contributed by atoms with van der Waals surface area (Å²) in [6, 6.07) is 18.5. The third kappa shape index (κ3) is 3.72. The number of hydrogen-bond acceptors (Lipinski definition) is 2. The number of rotatable bonds is 3. The number of nitrogens with zero attached hydrogens (tertiary/aromatic N) is 2. The molecule has 0 aromatic heterocycles. The van der Waals surface area contributed by atoms with E-state index in [0.29, 0.717) is 11.9 Å². The van der Waals surface area contributed by atoms with E-state index in [1.54, 1.807) is 24.3 Å². The van der Waals surface area contributed by atoms with Crippen LogP contribution in [-0.4, -0.2) is 31.7 Å². The molecule has 148 valence electrons. The minimum Gasteiger partial charge on any atom is -0.352 e. The van der Waals surface area contributed by atoms with Crippen LogP contribution < -0.4 is 0 Å². The fourth-order valence-corrected chi connectivity index (χ4v) is 6.37. The Hall–Kier alpha value is -2.14. The van der Waals surface area contributed by atoms with E-state index in [2.05, 4.69) is 30.1 Å². The molecule has 2 unspecified atom stereocenters. The molecule has 4 rings (SSSR count). The highest BCUT2D eigenvalue weighted by molar-refractivity contribution is 7.90. The van der Waals surface area contributed by atoms with Crippen molar-refractivity contribution >= 4 is 15.9 Å². The average molecular weight is 397 g/mol. The van der Waals surface area contributed by atoms with E-state index in [-0.39, 0.29) is 15.7 Å². The minimum atomic E-state index is -3.78. The molecular formula is C23H28N2O2S. The van der Waals surface area contributed by atoms with Gasteiger partial charge < -0.3 is 4.90 Å². The molecule has 4 nitrogen and oxygen atoms in total. The van der Waals surface area contributed by atoms with Gasteiger partial charge in [-0.05, 0) is 42.2 Å². The van der Waals surface area contributed by atoms with Gasteiger partial charge in [0.1, 0.15) is 5.84 Å². The van der Waals surface area contributed by atoms with Crippen molar-refractivity contribution in [3.8, 4) is 0 Å². The van der Waals surface area contributed by atoms with Crippen molar-refractivity contribution < 1.29 is 8.42 Å². The van der Waals surface area contributed by atoms with Crippen LogP contribution in [0.4, 0.5) is 0 Å². The normalized spacial score (nSPS) is 27.0. The molecule has 0 radical (unpaired) electrons. The summed E-state index contributed by atoms with van der Waals surface area (Å²) < 4.78 is 30.5. The Morgan fingerprint density at radius 3 is 2.21 bits per heavy atom. The van der Waals surface area contributed by atoms with Crippen molar-refractivity contribution in [2.45, 2.75) is 51.0 Å². The van der Waals surface area contributed by atoms with Gasteiger partial charge in [-0.3, -0.25) is 0 Å². The van der Waals surface area contributed by atoms with Gasteiger partial charge in [0.15, 0.2) is 0 Å². The first-order valence-corrected chi connectivity index (χ1v) is 11.3. The molecule has 2 aromatic rings. The summed E-state index contributed by atoms with van der Waals surface area (Å²) in [7, 11) is -3.78. The number of amidine groups is 1. The average Bonchev–Trinajstić information content (AvgIpc) is 2.90. The number of sulfonamides is 1. The lowest BCUT2D eigenvalue weighted by Gasteiger charge is -2.39. The Labute approximate surface area is 168 Å². The fourth-order valence-electron chi connectivity index (χ4n) is 5.32. The van der Waals surface area contributed by atoms with E-state index in [4.69, 9.17) is 0 Å². The highest BCUT2D eigenvalue weighted by Crippen LogP contribution is 2.52. The molecule has 2 atom stereocenters. The number of hydrogen-bond donors (Lipinski definition) is 0. The summed E-state index contributed by atoms with van der Waals surface area (Å²) in [5.74, 6) is 0.580. The lowest BCUT2D eigenvalue weighted by atomic mass is 9.65. The van der Waals surface area contributed by atoms with Gasteiger partial charge in [0.2, 0.25) is 0 Å². The quantitative estimate of drug-likeness (QED) is 0.557. The van der Waals surface area contributed by atoms with Crippen LogP contribution in [0.3, 0.4) is 0 Å². The van der Waals surface area contributed by atoms with Gasteiger partial charge in [0, 0.05) is 18.2 Å². The van der Waals surface area contributed by atoms with Crippen LogP contribution in [0.5, 0.6) is 0 Å². The summed E-state index contributed by atoms with van der Waals surface area (Å²) in [4.78, 5) is 2.49. The Balaban J connectivity index is 1.80. The lowest BCUT2D eigenvalue weighted by Crippen LogP contribution is -2.38. The zero-order valence-corrected chi connectivity index (χ0v) is 17.6. The Bertz CT molecular complexity index is 984. The zero-order chi connectivity index (χ0) is 20.0. The Morgan fingerprint density at radius 2 is 1.57 bits per heavy atom. The second-order valence-electron chi connectivity index (χ2n) is 9.41. The van der Waals surface area contributed by atoms with E-state index < -0.39 is 10.0 Å². The predicted molar refractivity (Wildman–Crippen MR) is 113 cm³/mol. The standard InChI is InChI=1S/C23H28N2O2S/c1-22(2)14-19-15-23(3,16-22)17-25(19)21(18-10-6-4-7-11-18)24-28(26,27)20-12-8-5-9-13-20/h4-13,19H,14-17H2,1-3H3. The highest BCUT2D eigenvalue weighted by Gasteiger charge is 2.50. The van der Waals surface area contributed by atoms with E-state index in [1.807, 2.05) is 36.4 Å². The van der Waals surface area contributed by atoms with Crippen LogP contribution in [-0.2, 0) is 10.0 Å². The van der Waals surface area contributed by atoms with Crippen molar-refractivity contribution in [2.75, 3.05) is 6.54 Å². The van der Waals surface area contributed by atoms with Crippen LogP contribution in [0.2, 0.25) is 0 Å². The molecule has 0 N–H and O–H groups in total. The van der Waals surface area contributed by atoms with Crippen molar-refractivity contribution in [3.63, 3.8) is 0 Å². The van der Waals surface area contributed by atoms with Crippen LogP contribution >= 0.6 is 0 Å². The van der Waals surface area contributed by atoms with Gasteiger partial charge in [-0.1, -0.05) is 69.3 Å². The van der Waals surface area contributed by atoms with Gasteiger partial charge in [0.25, 0.3) is 10.0 Å². The molecule has 1 aliphatic carbocycles. The van der Waals surface area contributed by atoms with Crippen molar-refractivity contribution in [2.24, 2.45) is 15.2 Å². The first-order valence-electron chi connectivity index (χ1n) is 9.90. The smallest absolute Gasteiger partial charge is 0.284 e. The SMILES string of the molecule is CC1(C)CC2CC(C)(CN2C(=NS(=O)(=O)c2ccccc2)c2ccccc2)C1. The summed E-state index contributed by atoms with van der Waals surface area (Å²) >= 11 is 0. The van der Waals surface area contributed by atoms with E-state index in [9.17, 15) is 8.42 Å². The van der Waals surface area contributed by atoms with Crippen LogP contribution in [0, 0.1) is 10.8 Å². The van der Waals surface area contributed by atoms with Gasteiger partial charge in [0.05, 0.1) is 4.90 Å². The maximum absolute atomic E-state index is 13.1. The molecule has 1 saturated carbocycles. The number of likely N-dealkylation sites (tertiary alicyclic amines) is 1. The van der Waals surface area contributed by atoms with Crippen LogP contribution in [0.1, 0.15) is 45.6 Å². The minimum absolute atomic E-state index is 0.193. The molecule has 2 bridgehead atoms. The monoisotopic (exact) mass is 396 g/mol. The third-order valence-corrected chi connectivity index (χ3v) is 7.25. The maximum Gasteiger partial charge on any atom is 0.284 e. The molecule has 2 fully saturated rings.